The zero-order valence-corrected chi connectivity index (χ0v) is 9.48. The van der Waals surface area contributed by atoms with Gasteiger partial charge in [-0.15, -0.1) is 0 Å². The minimum atomic E-state index is -0.314. The molecule has 2 aromatic rings. The van der Waals surface area contributed by atoms with Crippen LogP contribution in [0.4, 0.5) is 4.39 Å². The van der Waals surface area contributed by atoms with Gasteiger partial charge in [-0.25, -0.2) is 9.37 Å². The highest BCUT2D eigenvalue weighted by atomic mass is 19.1. The van der Waals surface area contributed by atoms with Crippen molar-refractivity contribution in [1.29, 1.82) is 0 Å². The summed E-state index contributed by atoms with van der Waals surface area (Å²) >= 11 is 0. The van der Waals surface area contributed by atoms with Crippen molar-refractivity contribution in [2.45, 2.75) is 5.92 Å². The van der Waals surface area contributed by atoms with Crippen LogP contribution in [-0.4, -0.2) is 23.6 Å². The molecule has 4 nitrogen and oxygen atoms in total. The van der Waals surface area contributed by atoms with Crippen LogP contribution in [0.1, 0.15) is 17.3 Å². The smallest absolute Gasteiger partial charge is 0.123 e. The van der Waals surface area contributed by atoms with E-state index in [1.807, 2.05) is 0 Å². The molecule has 0 saturated carbocycles. The number of aromatic nitrogens is 2. The van der Waals surface area contributed by atoms with Crippen molar-refractivity contribution >= 4 is 0 Å². The molecule has 2 rings (SSSR count). The first kappa shape index (κ1) is 11.6. The predicted molar refractivity (Wildman–Crippen MR) is 62.4 cm³/mol. The maximum atomic E-state index is 13.3. The highest BCUT2D eigenvalue weighted by Gasteiger charge is 2.19. The summed E-state index contributed by atoms with van der Waals surface area (Å²) in [7, 11) is 1.55. The topological polar surface area (TPSA) is 63.9 Å². The lowest BCUT2D eigenvalue weighted by atomic mass is 9.97. The molecular formula is C12H14FN3O. The molecule has 17 heavy (non-hydrogen) atoms. The van der Waals surface area contributed by atoms with Crippen LogP contribution in [-0.2, 0) is 0 Å². The lowest BCUT2D eigenvalue weighted by Crippen LogP contribution is -2.16. The Kier molecular flexibility index (Phi) is 3.39. The first-order valence-corrected chi connectivity index (χ1v) is 5.29. The molecule has 0 radical (unpaired) electrons. The molecule has 0 saturated heterocycles. The summed E-state index contributed by atoms with van der Waals surface area (Å²) in [5, 5.41) is 0. The van der Waals surface area contributed by atoms with Crippen molar-refractivity contribution in [1.82, 2.24) is 9.97 Å². The average Bonchev–Trinajstić information content (AvgIpc) is 2.84. The summed E-state index contributed by atoms with van der Waals surface area (Å²) in [4.78, 5) is 7.14. The van der Waals surface area contributed by atoms with E-state index in [1.54, 1.807) is 25.6 Å². The quantitative estimate of drug-likeness (QED) is 0.846. The second-order valence-electron chi connectivity index (χ2n) is 3.65. The van der Waals surface area contributed by atoms with Crippen LogP contribution >= 0.6 is 0 Å². The summed E-state index contributed by atoms with van der Waals surface area (Å²) in [6.45, 7) is 0.327. The van der Waals surface area contributed by atoms with E-state index in [0.29, 0.717) is 23.7 Å². The molecule has 0 aliphatic heterocycles. The van der Waals surface area contributed by atoms with E-state index in [1.165, 1.54) is 12.1 Å². The fourth-order valence-corrected chi connectivity index (χ4v) is 1.83. The number of nitrogens with two attached hydrogens (primary N) is 1. The van der Waals surface area contributed by atoms with Crippen LogP contribution in [0.25, 0.3) is 0 Å². The van der Waals surface area contributed by atoms with E-state index in [-0.39, 0.29) is 11.7 Å². The van der Waals surface area contributed by atoms with Gasteiger partial charge in [-0.1, -0.05) is 0 Å². The maximum Gasteiger partial charge on any atom is 0.123 e. The molecule has 1 aromatic carbocycles. The largest absolute Gasteiger partial charge is 0.496 e. The first-order chi connectivity index (χ1) is 8.26. The number of rotatable bonds is 4. The van der Waals surface area contributed by atoms with Gasteiger partial charge >= 0.3 is 0 Å². The summed E-state index contributed by atoms with van der Waals surface area (Å²) in [6.07, 6.45) is 3.35. The lowest BCUT2D eigenvalue weighted by Gasteiger charge is -2.16. The Morgan fingerprint density at radius 3 is 2.94 bits per heavy atom. The van der Waals surface area contributed by atoms with E-state index in [0.717, 1.165) is 0 Å². The number of nitrogens with one attached hydrogen (secondary N) is 1. The molecule has 1 unspecified atom stereocenters. The van der Waals surface area contributed by atoms with Gasteiger partial charge in [0.15, 0.2) is 0 Å². The number of hydrogen-bond acceptors (Lipinski definition) is 3. The Morgan fingerprint density at radius 2 is 2.35 bits per heavy atom. The average molecular weight is 235 g/mol. The van der Waals surface area contributed by atoms with E-state index in [4.69, 9.17) is 10.5 Å². The zero-order chi connectivity index (χ0) is 12.3. The van der Waals surface area contributed by atoms with Gasteiger partial charge in [-0.05, 0) is 18.2 Å². The molecule has 0 amide bonds. The van der Waals surface area contributed by atoms with Gasteiger partial charge in [0.2, 0.25) is 0 Å². The molecule has 3 N–H and O–H groups in total. The first-order valence-electron chi connectivity index (χ1n) is 5.29. The van der Waals surface area contributed by atoms with Crippen molar-refractivity contribution in [3.05, 3.63) is 47.8 Å². The molecule has 0 spiro atoms. The second kappa shape index (κ2) is 4.97. The molecule has 0 aliphatic carbocycles. The molecule has 5 heteroatoms. The zero-order valence-electron chi connectivity index (χ0n) is 9.48. The van der Waals surface area contributed by atoms with Crippen molar-refractivity contribution in [3.8, 4) is 5.75 Å². The summed E-state index contributed by atoms with van der Waals surface area (Å²) < 4.78 is 18.5. The molecule has 1 aromatic heterocycles. The maximum absolute atomic E-state index is 13.3. The minimum Gasteiger partial charge on any atom is -0.496 e. The van der Waals surface area contributed by atoms with Gasteiger partial charge in [-0.3, -0.25) is 0 Å². The number of benzene rings is 1. The standard InChI is InChI=1S/C12H14FN3O/c1-17-11-3-2-8(13)6-9(11)10(7-14)12-15-4-5-16-12/h2-6,10H,7,14H2,1H3,(H,15,16). The third-order valence-electron chi connectivity index (χ3n) is 2.65. The van der Waals surface area contributed by atoms with Crippen LogP contribution in [0, 0.1) is 5.82 Å². The Hall–Kier alpha value is -1.88. The van der Waals surface area contributed by atoms with Crippen LogP contribution in [0.3, 0.4) is 0 Å². The monoisotopic (exact) mass is 235 g/mol. The molecule has 0 bridgehead atoms. The number of imidazole rings is 1. The lowest BCUT2D eigenvalue weighted by molar-refractivity contribution is 0.405. The van der Waals surface area contributed by atoms with Gasteiger partial charge in [0.05, 0.1) is 13.0 Å². The van der Waals surface area contributed by atoms with Crippen molar-refractivity contribution < 1.29 is 9.13 Å². The molecule has 1 heterocycles. The predicted octanol–water partition coefficient (Wildman–Crippen LogP) is 1.65. The van der Waals surface area contributed by atoms with Crippen molar-refractivity contribution in [2.24, 2.45) is 5.73 Å². The van der Waals surface area contributed by atoms with Crippen molar-refractivity contribution in [3.63, 3.8) is 0 Å². The Balaban J connectivity index is 2.46. The van der Waals surface area contributed by atoms with Gasteiger partial charge < -0.3 is 15.5 Å². The Labute approximate surface area is 98.6 Å². The number of aromatic amines is 1. The molecule has 0 aliphatic rings. The highest BCUT2D eigenvalue weighted by Crippen LogP contribution is 2.30. The normalized spacial score (nSPS) is 12.4. The molecule has 0 fully saturated rings. The fourth-order valence-electron chi connectivity index (χ4n) is 1.83. The van der Waals surface area contributed by atoms with Gasteiger partial charge in [0.1, 0.15) is 17.4 Å². The number of nitrogens with zero attached hydrogens (tertiary/aromatic N) is 1. The third-order valence-corrected chi connectivity index (χ3v) is 2.65. The van der Waals surface area contributed by atoms with E-state index in [9.17, 15) is 4.39 Å². The second-order valence-corrected chi connectivity index (χ2v) is 3.65. The van der Waals surface area contributed by atoms with Gasteiger partial charge in [-0.2, -0.15) is 0 Å². The minimum absolute atomic E-state index is 0.198. The number of H-pyrrole nitrogens is 1. The van der Waals surface area contributed by atoms with E-state index < -0.39 is 0 Å². The number of ether oxygens (including phenoxy) is 1. The van der Waals surface area contributed by atoms with E-state index >= 15 is 0 Å². The number of methoxy groups -OCH3 is 1. The molecule has 1 atom stereocenters. The number of hydrogen-bond donors (Lipinski definition) is 2. The van der Waals surface area contributed by atoms with Crippen LogP contribution in [0.15, 0.2) is 30.6 Å². The molecular weight excluding hydrogens is 221 g/mol. The summed E-state index contributed by atoms with van der Waals surface area (Å²) in [5.41, 5.74) is 6.43. The summed E-state index contributed by atoms with van der Waals surface area (Å²) in [5.74, 6) is 0.802. The highest BCUT2D eigenvalue weighted by molar-refractivity contribution is 5.40. The third kappa shape index (κ3) is 2.29. The fraction of sp³-hybridized carbons (Fsp3) is 0.250. The van der Waals surface area contributed by atoms with E-state index in [2.05, 4.69) is 9.97 Å². The Morgan fingerprint density at radius 1 is 1.53 bits per heavy atom. The van der Waals surface area contributed by atoms with Crippen LogP contribution in [0.2, 0.25) is 0 Å². The van der Waals surface area contributed by atoms with Crippen LogP contribution in [0.5, 0.6) is 5.75 Å². The SMILES string of the molecule is COc1ccc(F)cc1C(CN)c1ncc[nH]1. The van der Waals surface area contributed by atoms with Crippen LogP contribution < -0.4 is 10.5 Å². The Bertz CT molecular complexity index is 485. The van der Waals surface area contributed by atoms with Gasteiger partial charge in [0, 0.05) is 24.5 Å². The molecule has 90 valence electrons. The van der Waals surface area contributed by atoms with Crippen molar-refractivity contribution in [2.75, 3.05) is 13.7 Å². The number of halogens is 1. The summed E-state index contributed by atoms with van der Waals surface area (Å²) in [6, 6.07) is 4.38. The van der Waals surface area contributed by atoms with Gasteiger partial charge in [0.25, 0.3) is 0 Å².